The number of hydrogen-bond acceptors (Lipinski definition) is 2. The van der Waals surface area contributed by atoms with Crippen molar-refractivity contribution < 1.29 is 0 Å². The SMILES string of the molecule is CCC(C)c1ccc(CCNCCNC)cc1. The minimum atomic E-state index is 0.679. The summed E-state index contributed by atoms with van der Waals surface area (Å²) in [4.78, 5) is 0. The van der Waals surface area contributed by atoms with Gasteiger partial charge in [0.25, 0.3) is 0 Å². The number of likely N-dealkylation sites (N-methyl/N-ethyl adjacent to an activating group) is 1. The lowest BCUT2D eigenvalue weighted by Gasteiger charge is -2.10. The molecule has 1 aromatic rings. The third-order valence-electron chi connectivity index (χ3n) is 3.30. The minimum absolute atomic E-state index is 0.679. The van der Waals surface area contributed by atoms with Gasteiger partial charge in [0.2, 0.25) is 0 Å². The second kappa shape index (κ2) is 8.26. The van der Waals surface area contributed by atoms with E-state index in [9.17, 15) is 0 Å². The molecule has 0 radical (unpaired) electrons. The molecule has 1 atom stereocenters. The van der Waals surface area contributed by atoms with Crippen molar-refractivity contribution in [3.63, 3.8) is 0 Å². The van der Waals surface area contributed by atoms with Crippen LogP contribution in [0.25, 0.3) is 0 Å². The Hall–Kier alpha value is -0.860. The zero-order chi connectivity index (χ0) is 12.5. The summed E-state index contributed by atoms with van der Waals surface area (Å²) in [5.41, 5.74) is 2.88. The van der Waals surface area contributed by atoms with Gasteiger partial charge < -0.3 is 10.6 Å². The Morgan fingerprint density at radius 2 is 1.76 bits per heavy atom. The maximum atomic E-state index is 3.42. The van der Waals surface area contributed by atoms with Gasteiger partial charge in [-0.3, -0.25) is 0 Å². The van der Waals surface area contributed by atoms with E-state index in [0.717, 1.165) is 26.1 Å². The third-order valence-corrected chi connectivity index (χ3v) is 3.30. The van der Waals surface area contributed by atoms with Crippen LogP contribution in [0.3, 0.4) is 0 Å². The maximum absolute atomic E-state index is 3.42. The van der Waals surface area contributed by atoms with Gasteiger partial charge in [-0.25, -0.2) is 0 Å². The van der Waals surface area contributed by atoms with Crippen molar-refractivity contribution in [3.05, 3.63) is 35.4 Å². The molecule has 17 heavy (non-hydrogen) atoms. The molecule has 96 valence electrons. The average molecular weight is 234 g/mol. The molecule has 0 saturated heterocycles. The second-order valence-electron chi connectivity index (χ2n) is 4.65. The number of nitrogens with one attached hydrogen (secondary N) is 2. The van der Waals surface area contributed by atoms with Crippen LogP contribution in [0.4, 0.5) is 0 Å². The molecule has 0 saturated carbocycles. The summed E-state index contributed by atoms with van der Waals surface area (Å²) < 4.78 is 0. The highest BCUT2D eigenvalue weighted by Gasteiger charge is 2.01. The number of rotatable bonds is 8. The van der Waals surface area contributed by atoms with E-state index >= 15 is 0 Å². The molecule has 1 rings (SSSR count). The van der Waals surface area contributed by atoms with Crippen LogP contribution in [0, 0.1) is 0 Å². The molecule has 2 nitrogen and oxygen atoms in total. The average Bonchev–Trinajstić information content (AvgIpc) is 2.38. The van der Waals surface area contributed by atoms with Crippen LogP contribution in [0.5, 0.6) is 0 Å². The highest BCUT2D eigenvalue weighted by molar-refractivity contribution is 5.25. The first-order chi connectivity index (χ1) is 8.27. The fraction of sp³-hybridized carbons (Fsp3) is 0.600. The van der Waals surface area contributed by atoms with E-state index in [0.29, 0.717) is 5.92 Å². The molecule has 0 amide bonds. The summed E-state index contributed by atoms with van der Waals surface area (Å²) in [7, 11) is 1.98. The Kier molecular flexibility index (Phi) is 6.90. The quantitative estimate of drug-likeness (QED) is 0.676. The molecule has 0 aliphatic carbocycles. The Balaban J connectivity index is 2.30. The molecular weight excluding hydrogens is 208 g/mol. The summed E-state index contributed by atoms with van der Waals surface area (Å²) in [6, 6.07) is 9.08. The normalized spacial score (nSPS) is 12.6. The topological polar surface area (TPSA) is 24.1 Å². The monoisotopic (exact) mass is 234 g/mol. The summed E-state index contributed by atoms with van der Waals surface area (Å²) >= 11 is 0. The van der Waals surface area contributed by atoms with E-state index in [-0.39, 0.29) is 0 Å². The van der Waals surface area contributed by atoms with Gasteiger partial charge in [-0.05, 0) is 43.5 Å². The van der Waals surface area contributed by atoms with Crippen LogP contribution in [-0.2, 0) is 6.42 Å². The van der Waals surface area contributed by atoms with Gasteiger partial charge in [-0.15, -0.1) is 0 Å². The largest absolute Gasteiger partial charge is 0.318 e. The first kappa shape index (κ1) is 14.2. The van der Waals surface area contributed by atoms with Gasteiger partial charge in [0.1, 0.15) is 0 Å². The summed E-state index contributed by atoms with van der Waals surface area (Å²) in [5.74, 6) is 0.679. The van der Waals surface area contributed by atoms with Gasteiger partial charge in [0, 0.05) is 13.1 Å². The van der Waals surface area contributed by atoms with E-state index in [2.05, 4.69) is 48.7 Å². The molecule has 1 aromatic carbocycles. The summed E-state index contributed by atoms with van der Waals surface area (Å²) in [6.45, 7) is 7.66. The van der Waals surface area contributed by atoms with Crippen LogP contribution in [0.2, 0.25) is 0 Å². The van der Waals surface area contributed by atoms with Crippen molar-refractivity contribution in [1.29, 1.82) is 0 Å². The first-order valence-corrected chi connectivity index (χ1v) is 6.72. The third kappa shape index (κ3) is 5.33. The van der Waals surface area contributed by atoms with Crippen LogP contribution in [0.1, 0.15) is 37.3 Å². The van der Waals surface area contributed by atoms with E-state index in [1.54, 1.807) is 0 Å². The standard InChI is InChI=1S/C15H26N2/c1-4-13(2)15-7-5-14(6-8-15)9-10-17-12-11-16-3/h5-8,13,16-17H,4,9-12H2,1-3H3. The lowest BCUT2D eigenvalue weighted by Crippen LogP contribution is -2.26. The van der Waals surface area contributed by atoms with Crippen molar-refractivity contribution in [1.82, 2.24) is 10.6 Å². The smallest absolute Gasteiger partial charge is 0.00767 e. The first-order valence-electron chi connectivity index (χ1n) is 6.72. The fourth-order valence-corrected chi connectivity index (χ4v) is 1.82. The van der Waals surface area contributed by atoms with Crippen molar-refractivity contribution in [3.8, 4) is 0 Å². The predicted octanol–water partition coefficient (Wildman–Crippen LogP) is 2.55. The minimum Gasteiger partial charge on any atom is -0.318 e. The van der Waals surface area contributed by atoms with Crippen LogP contribution >= 0.6 is 0 Å². The molecule has 0 spiro atoms. The van der Waals surface area contributed by atoms with E-state index in [4.69, 9.17) is 0 Å². The highest BCUT2D eigenvalue weighted by atomic mass is 14.9. The second-order valence-corrected chi connectivity index (χ2v) is 4.65. The van der Waals surface area contributed by atoms with Crippen molar-refractivity contribution in [2.75, 3.05) is 26.7 Å². The van der Waals surface area contributed by atoms with E-state index in [1.165, 1.54) is 17.5 Å². The fourth-order valence-electron chi connectivity index (χ4n) is 1.82. The van der Waals surface area contributed by atoms with Crippen LogP contribution < -0.4 is 10.6 Å². The molecule has 0 bridgehead atoms. The summed E-state index contributed by atoms with van der Waals surface area (Å²) in [5, 5.41) is 6.55. The van der Waals surface area contributed by atoms with Gasteiger partial charge in [-0.1, -0.05) is 38.1 Å². The zero-order valence-electron chi connectivity index (χ0n) is 11.4. The number of hydrogen-bond donors (Lipinski definition) is 2. The van der Waals surface area contributed by atoms with Crippen molar-refractivity contribution in [2.45, 2.75) is 32.6 Å². The summed E-state index contributed by atoms with van der Waals surface area (Å²) in [6.07, 6.45) is 2.33. The predicted molar refractivity (Wildman–Crippen MR) is 75.6 cm³/mol. The zero-order valence-corrected chi connectivity index (χ0v) is 11.4. The number of benzene rings is 1. The van der Waals surface area contributed by atoms with Crippen molar-refractivity contribution in [2.24, 2.45) is 0 Å². The Bertz CT molecular complexity index is 292. The van der Waals surface area contributed by atoms with Gasteiger partial charge in [-0.2, -0.15) is 0 Å². The Morgan fingerprint density at radius 3 is 2.35 bits per heavy atom. The molecule has 2 heteroatoms. The highest BCUT2D eigenvalue weighted by Crippen LogP contribution is 2.18. The van der Waals surface area contributed by atoms with Gasteiger partial charge in [0.05, 0.1) is 0 Å². The lowest BCUT2D eigenvalue weighted by atomic mass is 9.97. The molecule has 0 aromatic heterocycles. The van der Waals surface area contributed by atoms with E-state index < -0.39 is 0 Å². The van der Waals surface area contributed by atoms with Crippen LogP contribution in [-0.4, -0.2) is 26.7 Å². The molecule has 0 heterocycles. The molecule has 1 unspecified atom stereocenters. The Morgan fingerprint density at radius 1 is 1.06 bits per heavy atom. The molecule has 0 fully saturated rings. The maximum Gasteiger partial charge on any atom is 0.00767 e. The van der Waals surface area contributed by atoms with Crippen molar-refractivity contribution >= 4 is 0 Å². The molecule has 0 aliphatic rings. The van der Waals surface area contributed by atoms with Gasteiger partial charge >= 0.3 is 0 Å². The molecule has 0 aliphatic heterocycles. The van der Waals surface area contributed by atoms with Crippen LogP contribution in [0.15, 0.2) is 24.3 Å². The Labute approximate surface area is 106 Å². The molecule has 2 N–H and O–H groups in total. The van der Waals surface area contributed by atoms with E-state index in [1.807, 2.05) is 7.05 Å². The van der Waals surface area contributed by atoms with Gasteiger partial charge in [0.15, 0.2) is 0 Å². The molecular formula is C15H26N2. The lowest BCUT2D eigenvalue weighted by molar-refractivity contribution is 0.648.